The summed E-state index contributed by atoms with van der Waals surface area (Å²) in [6, 6.07) is 7.72. The van der Waals surface area contributed by atoms with E-state index in [2.05, 4.69) is 10.3 Å². The summed E-state index contributed by atoms with van der Waals surface area (Å²) in [7, 11) is 0. The van der Waals surface area contributed by atoms with Gasteiger partial charge in [-0.3, -0.25) is 5.32 Å². The summed E-state index contributed by atoms with van der Waals surface area (Å²) in [5.41, 5.74) is 2.02. The van der Waals surface area contributed by atoms with Gasteiger partial charge in [0.15, 0.2) is 0 Å². The van der Waals surface area contributed by atoms with Gasteiger partial charge in [0.25, 0.3) is 0 Å². The average Bonchev–Trinajstić information content (AvgIpc) is 3.21. The van der Waals surface area contributed by atoms with Crippen LogP contribution < -0.4 is 5.32 Å². The number of hydrogen-bond acceptors (Lipinski definition) is 5. The molecule has 0 aliphatic carbocycles. The summed E-state index contributed by atoms with van der Waals surface area (Å²) >= 11 is 13.1. The Labute approximate surface area is 181 Å². The zero-order valence-corrected chi connectivity index (χ0v) is 17.9. The molecule has 0 amide bonds. The molecule has 0 spiro atoms. The second-order valence-corrected chi connectivity index (χ2v) is 9.11. The van der Waals surface area contributed by atoms with Gasteiger partial charge in [-0.2, -0.15) is 0 Å². The van der Waals surface area contributed by atoms with Crippen LogP contribution in [-0.2, 0) is 4.79 Å². The minimum absolute atomic E-state index is 0.0258. The molecule has 3 heterocycles. The van der Waals surface area contributed by atoms with E-state index in [1.807, 2.05) is 24.8 Å². The second-order valence-electron chi connectivity index (χ2n) is 7.23. The fraction of sp³-hybridized carbons (Fsp3) is 0.300. The molecule has 3 unspecified atom stereocenters. The monoisotopic (exact) mass is 453 g/mol. The summed E-state index contributed by atoms with van der Waals surface area (Å²) in [5, 5.41) is 13.6. The van der Waals surface area contributed by atoms with E-state index >= 15 is 0 Å². The minimum atomic E-state index is -0.958. The minimum Gasteiger partial charge on any atom is -0.477 e. The molecule has 0 saturated carbocycles. The number of carboxylic acids is 1. The van der Waals surface area contributed by atoms with Gasteiger partial charge in [-0.05, 0) is 35.2 Å². The van der Waals surface area contributed by atoms with Crippen molar-refractivity contribution in [1.29, 1.82) is 0 Å². The number of nitrogens with one attached hydrogen (secondary N) is 1. The third-order valence-corrected chi connectivity index (χ3v) is 6.80. The number of aromatic nitrogens is 1. The first-order chi connectivity index (χ1) is 13.8. The van der Waals surface area contributed by atoms with Crippen LogP contribution >= 0.6 is 35.0 Å². The predicted molar refractivity (Wildman–Crippen MR) is 112 cm³/mol. The van der Waals surface area contributed by atoms with Gasteiger partial charge in [0.05, 0.1) is 17.1 Å². The van der Waals surface area contributed by atoms with Crippen molar-refractivity contribution >= 4 is 40.9 Å². The largest absolute Gasteiger partial charge is 0.477 e. The van der Waals surface area contributed by atoms with Gasteiger partial charge in [0, 0.05) is 11.9 Å². The van der Waals surface area contributed by atoms with Crippen LogP contribution in [0.15, 0.2) is 47.1 Å². The highest BCUT2D eigenvalue weighted by Crippen LogP contribution is 2.53. The molecule has 2 N–H and O–H groups in total. The molecule has 29 heavy (non-hydrogen) atoms. The van der Waals surface area contributed by atoms with Crippen LogP contribution in [0.5, 0.6) is 0 Å². The molecule has 1 aromatic heterocycles. The number of pyridine rings is 1. The number of aliphatic carboxylic acids is 1. The van der Waals surface area contributed by atoms with E-state index in [1.165, 1.54) is 23.9 Å². The highest BCUT2D eigenvalue weighted by Gasteiger charge is 2.50. The SMILES string of the molecule is CC(C)C1=C(C(=O)O)SC2NC(c3ccc(Cl)nc3)C(c3ccc(Cl)c(F)c3)N12. The number of carbonyl (C=O) groups is 1. The van der Waals surface area contributed by atoms with E-state index < -0.39 is 11.8 Å². The van der Waals surface area contributed by atoms with Crippen molar-refractivity contribution in [3.05, 3.63) is 74.3 Å². The molecule has 4 rings (SSSR count). The average molecular weight is 454 g/mol. The highest BCUT2D eigenvalue weighted by molar-refractivity contribution is 8.04. The lowest BCUT2D eigenvalue weighted by atomic mass is 9.93. The maximum Gasteiger partial charge on any atom is 0.344 e. The standard InChI is InChI=1S/C20H18Cl2FN3O2S/c1-9(2)16-18(19(27)28)29-20-25-15(11-4-6-14(22)24-8-11)17(26(16)20)10-3-5-12(21)13(23)7-10/h3-9,15,17,20,25H,1-2H3,(H,27,28). The fourth-order valence-corrected chi connectivity index (χ4v) is 5.50. The predicted octanol–water partition coefficient (Wildman–Crippen LogP) is 5.20. The van der Waals surface area contributed by atoms with Crippen LogP contribution in [0.1, 0.15) is 37.1 Å². The number of thioether (sulfide) groups is 1. The number of allylic oxidation sites excluding steroid dienone is 1. The van der Waals surface area contributed by atoms with E-state index in [0.717, 1.165) is 11.3 Å². The quantitative estimate of drug-likeness (QED) is 0.620. The van der Waals surface area contributed by atoms with Crippen LogP contribution in [0.3, 0.4) is 0 Å². The number of hydrogen-bond donors (Lipinski definition) is 2. The number of halogens is 3. The van der Waals surface area contributed by atoms with E-state index in [1.54, 1.807) is 18.3 Å². The third kappa shape index (κ3) is 3.61. The maximum atomic E-state index is 14.3. The van der Waals surface area contributed by atoms with Gasteiger partial charge in [-0.15, -0.1) is 0 Å². The van der Waals surface area contributed by atoms with E-state index in [4.69, 9.17) is 23.2 Å². The Kier molecular flexibility index (Phi) is 5.50. The lowest BCUT2D eigenvalue weighted by molar-refractivity contribution is -0.131. The van der Waals surface area contributed by atoms with Crippen LogP contribution in [-0.4, -0.2) is 26.5 Å². The molecule has 2 aromatic rings. The summed E-state index contributed by atoms with van der Waals surface area (Å²) in [5.74, 6) is -1.50. The molecular formula is C20H18Cl2FN3O2S. The molecule has 2 aliphatic rings. The van der Waals surface area contributed by atoms with Gasteiger partial charge in [0.2, 0.25) is 0 Å². The van der Waals surface area contributed by atoms with Crippen molar-refractivity contribution in [1.82, 2.24) is 15.2 Å². The Morgan fingerprint density at radius 3 is 2.59 bits per heavy atom. The second kappa shape index (κ2) is 7.80. The summed E-state index contributed by atoms with van der Waals surface area (Å²) in [4.78, 5) is 18.4. The van der Waals surface area contributed by atoms with E-state index in [0.29, 0.717) is 15.6 Å². The van der Waals surface area contributed by atoms with Crippen molar-refractivity contribution in [2.75, 3.05) is 0 Å². The Balaban J connectivity index is 1.86. The van der Waals surface area contributed by atoms with E-state index in [9.17, 15) is 14.3 Å². The zero-order valence-electron chi connectivity index (χ0n) is 15.6. The van der Waals surface area contributed by atoms with Crippen molar-refractivity contribution in [2.45, 2.75) is 31.4 Å². The molecule has 3 atom stereocenters. The van der Waals surface area contributed by atoms with Crippen molar-refractivity contribution in [2.24, 2.45) is 5.92 Å². The molecule has 9 heteroatoms. The fourth-order valence-electron chi connectivity index (χ4n) is 3.91. The van der Waals surface area contributed by atoms with Gasteiger partial charge in [-0.25, -0.2) is 14.2 Å². The molecule has 1 fully saturated rings. The zero-order chi connectivity index (χ0) is 20.9. The molecule has 1 saturated heterocycles. The smallest absolute Gasteiger partial charge is 0.344 e. The lowest BCUT2D eigenvalue weighted by Crippen LogP contribution is -2.30. The molecule has 2 aliphatic heterocycles. The van der Waals surface area contributed by atoms with Gasteiger partial charge >= 0.3 is 5.97 Å². The molecule has 152 valence electrons. The normalized spacial score (nSPS) is 23.8. The summed E-state index contributed by atoms with van der Waals surface area (Å²) in [6.07, 6.45) is 1.68. The highest BCUT2D eigenvalue weighted by atomic mass is 35.5. The number of carboxylic acid groups (broad SMARTS) is 1. The summed E-state index contributed by atoms with van der Waals surface area (Å²) < 4.78 is 14.3. The van der Waals surface area contributed by atoms with Gasteiger partial charge in [-0.1, -0.05) is 60.9 Å². The third-order valence-electron chi connectivity index (χ3n) is 5.07. The maximum absolute atomic E-state index is 14.3. The van der Waals surface area contributed by atoms with Crippen molar-refractivity contribution in [3.63, 3.8) is 0 Å². The van der Waals surface area contributed by atoms with Crippen LogP contribution in [0.4, 0.5) is 4.39 Å². The Morgan fingerprint density at radius 1 is 1.28 bits per heavy atom. The molecular weight excluding hydrogens is 436 g/mol. The van der Waals surface area contributed by atoms with Crippen LogP contribution in [0.2, 0.25) is 10.2 Å². The van der Waals surface area contributed by atoms with Gasteiger partial charge in [0.1, 0.15) is 21.4 Å². The number of nitrogens with zero attached hydrogens (tertiary/aromatic N) is 2. The first-order valence-corrected chi connectivity index (χ1v) is 10.7. The number of fused-ring (bicyclic) bond motifs is 1. The Bertz CT molecular complexity index is 1000. The Hall–Kier alpha value is -1.80. The van der Waals surface area contributed by atoms with Crippen molar-refractivity contribution in [3.8, 4) is 0 Å². The topological polar surface area (TPSA) is 65.5 Å². The number of benzene rings is 1. The van der Waals surface area contributed by atoms with Crippen molar-refractivity contribution < 1.29 is 14.3 Å². The number of rotatable bonds is 4. The molecule has 5 nitrogen and oxygen atoms in total. The molecule has 0 bridgehead atoms. The first kappa shape index (κ1) is 20.5. The van der Waals surface area contributed by atoms with Crippen LogP contribution in [0.25, 0.3) is 0 Å². The molecule has 1 aromatic carbocycles. The lowest BCUT2D eigenvalue weighted by Gasteiger charge is -2.32. The Morgan fingerprint density at radius 2 is 2.00 bits per heavy atom. The van der Waals surface area contributed by atoms with Gasteiger partial charge < -0.3 is 10.0 Å². The summed E-state index contributed by atoms with van der Waals surface area (Å²) in [6.45, 7) is 3.91. The first-order valence-electron chi connectivity index (χ1n) is 9.03. The van der Waals surface area contributed by atoms with E-state index in [-0.39, 0.29) is 28.5 Å². The molecule has 0 radical (unpaired) electrons. The van der Waals surface area contributed by atoms with Crippen LogP contribution in [0, 0.1) is 11.7 Å².